The number of para-hydroxylation sites is 1. The molecule has 0 aliphatic carbocycles. The van der Waals surface area contributed by atoms with Gasteiger partial charge in [-0.1, -0.05) is 54.6 Å². The molecule has 0 unspecified atom stereocenters. The Morgan fingerprint density at radius 2 is 1.56 bits per heavy atom. The quantitative estimate of drug-likeness (QED) is 0.133. The topological polar surface area (TPSA) is 116 Å². The third-order valence-corrected chi connectivity index (χ3v) is 7.27. The van der Waals surface area contributed by atoms with Crippen molar-refractivity contribution in [2.24, 2.45) is 0 Å². The molecule has 0 bridgehead atoms. The smallest absolute Gasteiger partial charge is 0.407 e. The molecule has 0 aliphatic rings. The minimum atomic E-state index is -0.600. The SMILES string of the molecule is CCOC(=O)Cc1ccccc1OCc1cc(-c2cccc(CNC(=O)OC(C)(C)C)c2)c2oc(CNC(=O)c3ccccc3)cc2c1. The minimum Gasteiger partial charge on any atom is -0.489 e. The van der Waals surface area contributed by atoms with Crippen LogP contribution in [-0.2, 0) is 40.4 Å². The van der Waals surface area contributed by atoms with Crippen molar-refractivity contribution >= 4 is 28.9 Å². The van der Waals surface area contributed by atoms with E-state index in [4.69, 9.17) is 18.6 Å². The van der Waals surface area contributed by atoms with Gasteiger partial charge in [-0.25, -0.2) is 4.79 Å². The lowest BCUT2D eigenvalue weighted by Crippen LogP contribution is -2.32. The fourth-order valence-electron chi connectivity index (χ4n) is 5.17. The van der Waals surface area contributed by atoms with E-state index in [2.05, 4.69) is 10.6 Å². The highest BCUT2D eigenvalue weighted by atomic mass is 16.6. The van der Waals surface area contributed by atoms with Gasteiger partial charge < -0.3 is 29.3 Å². The number of carbonyl (C=O) groups is 3. The standard InChI is InChI=1S/C39H40N2O7/c1-5-45-35(42)22-30-15-9-10-17-34(30)46-25-27-19-31-21-32(24-40-37(43)28-13-7-6-8-14-28)47-36(31)33(20-27)29-16-11-12-26(18-29)23-41-38(44)48-39(2,3)4/h6-21H,5,22-25H2,1-4H3,(H,40,43)(H,41,44). The van der Waals surface area contributed by atoms with Crippen molar-refractivity contribution in [2.75, 3.05) is 6.61 Å². The van der Waals surface area contributed by atoms with Gasteiger partial charge in [-0.3, -0.25) is 9.59 Å². The van der Waals surface area contributed by atoms with Gasteiger partial charge in [-0.2, -0.15) is 0 Å². The summed E-state index contributed by atoms with van der Waals surface area (Å²) in [6, 6.07) is 30.2. The van der Waals surface area contributed by atoms with Crippen molar-refractivity contribution in [1.29, 1.82) is 0 Å². The molecule has 9 nitrogen and oxygen atoms in total. The maximum Gasteiger partial charge on any atom is 0.407 e. The second kappa shape index (κ2) is 15.3. The average Bonchev–Trinajstić information content (AvgIpc) is 3.48. The fraction of sp³-hybridized carbons (Fsp3) is 0.256. The predicted molar refractivity (Wildman–Crippen MR) is 183 cm³/mol. The van der Waals surface area contributed by atoms with E-state index in [0.717, 1.165) is 33.2 Å². The Labute approximate surface area is 280 Å². The highest BCUT2D eigenvalue weighted by Gasteiger charge is 2.18. The number of nitrogens with one attached hydrogen (secondary N) is 2. The molecule has 248 valence electrons. The Morgan fingerprint density at radius 1 is 0.792 bits per heavy atom. The third kappa shape index (κ3) is 9.25. The second-order valence-corrected chi connectivity index (χ2v) is 12.3. The Balaban J connectivity index is 1.43. The van der Waals surface area contributed by atoms with E-state index in [1.807, 2.05) is 106 Å². The van der Waals surface area contributed by atoms with Crippen molar-refractivity contribution in [3.63, 3.8) is 0 Å². The fourth-order valence-corrected chi connectivity index (χ4v) is 5.17. The monoisotopic (exact) mass is 648 g/mol. The molecule has 0 aliphatic heterocycles. The maximum absolute atomic E-state index is 12.7. The number of amides is 2. The number of carbonyl (C=O) groups excluding carboxylic acids is 3. The van der Waals surface area contributed by atoms with Crippen LogP contribution < -0.4 is 15.4 Å². The van der Waals surface area contributed by atoms with Crippen molar-refractivity contribution in [2.45, 2.75) is 59.4 Å². The van der Waals surface area contributed by atoms with Crippen molar-refractivity contribution in [3.8, 4) is 16.9 Å². The number of hydrogen-bond donors (Lipinski definition) is 2. The zero-order valence-corrected chi connectivity index (χ0v) is 27.6. The predicted octanol–water partition coefficient (Wildman–Crippen LogP) is 7.74. The molecule has 0 saturated heterocycles. The minimum absolute atomic E-state index is 0.109. The summed E-state index contributed by atoms with van der Waals surface area (Å²) in [5, 5.41) is 6.59. The second-order valence-electron chi connectivity index (χ2n) is 12.3. The Bertz CT molecular complexity index is 1890. The van der Waals surface area contributed by atoms with Gasteiger partial charge >= 0.3 is 12.1 Å². The molecule has 48 heavy (non-hydrogen) atoms. The number of alkyl carbamates (subject to hydrolysis) is 1. The van der Waals surface area contributed by atoms with Gasteiger partial charge in [-0.15, -0.1) is 0 Å². The third-order valence-electron chi connectivity index (χ3n) is 7.27. The zero-order chi connectivity index (χ0) is 34.1. The van der Waals surface area contributed by atoms with Crippen LogP contribution in [0.5, 0.6) is 5.75 Å². The summed E-state index contributed by atoms with van der Waals surface area (Å²) < 4.78 is 23.1. The first kappa shape index (κ1) is 33.8. The Kier molecular flexibility index (Phi) is 10.8. The highest BCUT2D eigenvalue weighted by Crippen LogP contribution is 2.34. The number of furan rings is 1. The van der Waals surface area contributed by atoms with Crippen molar-refractivity contribution in [1.82, 2.24) is 10.6 Å². The van der Waals surface area contributed by atoms with Gasteiger partial charge in [0.15, 0.2) is 0 Å². The van der Waals surface area contributed by atoms with E-state index < -0.39 is 11.7 Å². The summed E-state index contributed by atoms with van der Waals surface area (Å²) in [5.74, 6) is 0.677. The summed E-state index contributed by atoms with van der Waals surface area (Å²) in [4.78, 5) is 37.2. The number of esters is 1. The van der Waals surface area contributed by atoms with Gasteiger partial charge in [0.2, 0.25) is 0 Å². The van der Waals surface area contributed by atoms with Crippen LogP contribution in [0.1, 0.15) is 60.5 Å². The van der Waals surface area contributed by atoms with E-state index in [1.54, 1.807) is 19.1 Å². The van der Waals surface area contributed by atoms with Crippen molar-refractivity contribution < 1.29 is 33.0 Å². The highest BCUT2D eigenvalue weighted by molar-refractivity contribution is 5.95. The lowest BCUT2D eigenvalue weighted by atomic mass is 9.99. The molecule has 1 heterocycles. The molecular formula is C39H40N2O7. The average molecular weight is 649 g/mol. The van der Waals surface area contributed by atoms with E-state index in [-0.39, 0.29) is 38.0 Å². The van der Waals surface area contributed by atoms with Crippen LogP contribution >= 0.6 is 0 Å². The van der Waals surface area contributed by atoms with Gasteiger partial charge in [0.1, 0.15) is 29.3 Å². The summed E-state index contributed by atoms with van der Waals surface area (Å²) in [5.41, 5.74) is 4.81. The lowest BCUT2D eigenvalue weighted by Gasteiger charge is -2.19. The van der Waals surface area contributed by atoms with Gasteiger partial charge in [-0.05, 0) is 86.8 Å². The molecule has 1 aromatic heterocycles. The summed E-state index contributed by atoms with van der Waals surface area (Å²) in [6.45, 7) is 8.26. The van der Waals surface area contributed by atoms with Crippen LogP contribution in [0.3, 0.4) is 0 Å². The summed E-state index contributed by atoms with van der Waals surface area (Å²) in [7, 11) is 0. The molecule has 5 aromatic rings. The van der Waals surface area contributed by atoms with Crippen LogP contribution in [-0.4, -0.2) is 30.2 Å². The molecule has 9 heteroatoms. The molecule has 2 amide bonds. The van der Waals surface area contributed by atoms with Crippen LogP contribution in [0.15, 0.2) is 101 Å². The maximum atomic E-state index is 12.7. The molecule has 0 saturated carbocycles. The molecule has 0 spiro atoms. The summed E-state index contributed by atoms with van der Waals surface area (Å²) >= 11 is 0. The largest absolute Gasteiger partial charge is 0.489 e. The Hall–Kier alpha value is -5.57. The van der Waals surface area contributed by atoms with Crippen LogP contribution in [0.2, 0.25) is 0 Å². The van der Waals surface area contributed by atoms with Gasteiger partial charge in [0.25, 0.3) is 5.91 Å². The number of benzene rings is 4. The Morgan fingerprint density at radius 3 is 2.33 bits per heavy atom. The van der Waals surface area contributed by atoms with Crippen LogP contribution in [0.4, 0.5) is 4.79 Å². The van der Waals surface area contributed by atoms with Crippen LogP contribution in [0, 0.1) is 0 Å². The number of rotatable bonds is 12. The molecule has 0 atom stereocenters. The van der Waals surface area contributed by atoms with E-state index in [9.17, 15) is 14.4 Å². The lowest BCUT2D eigenvalue weighted by molar-refractivity contribution is -0.142. The molecule has 2 N–H and O–H groups in total. The first-order valence-electron chi connectivity index (χ1n) is 15.9. The first-order valence-corrected chi connectivity index (χ1v) is 15.9. The van der Waals surface area contributed by atoms with E-state index in [1.165, 1.54) is 0 Å². The van der Waals surface area contributed by atoms with Gasteiger partial charge in [0.05, 0.1) is 19.6 Å². The zero-order valence-electron chi connectivity index (χ0n) is 27.6. The molecule has 5 rings (SSSR count). The number of hydrogen-bond acceptors (Lipinski definition) is 7. The van der Waals surface area contributed by atoms with Crippen LogP contribution in [0.25, 0.3) is 22.1 Å². The molecule has 4 aromatic carbocycles. The number of fused-ring (bicyclic) bond motifs is 1. The molecule has 0 radical (unpaired) electrons. The van der Waals surface area contributed by atoms with Gasteiger partial charge in [0, 0.05) is 28.6 Å². The normalized spacial score (nSPS) is 11.2. The first-order chi connectivity index (χ1) is 23.1. The van der Waals surface area contributed by atoms with E-state index in [0.29, 0.717) is 29.3 Å². The molecule has 0 fully saturated rings. The van der Waals surface area contributed by atoms with Crippen molar-refractivity contribution in [3.05, 3.63) is 125 Å². The molecular weight excluding hydrogens is 608 g/mol. The summed E-state index contributed by atoms with van der Waals surface area (Å²) in [6.07, 6.45) is -0.385. The number of ether oxygens (including phenoxy) is 3. The van der Waals surface area contributed by atoms with E-state index >= 15 is 0 Å².